The Morgan fingerprint density at radius 1 is 1.59 bits per heavy atom. The molecule has 0 fully saturated rings. The van der Waals surface area contributed by atoms with E-state index in [2.05, 4.69) is 10.4 Å². The Labute approximate surface area is 99.0 Å². The van der Waals surface area contributed by atoms with Crippen LogP contribution in [0, 0.1) is 29.9 Å². The summed E-state index contributed by atoms with van der Waals surface area (Å²) >= 11 is 0. The molecule has 0 saturated heterocycles. The summed E-state index contributed by atoms with van der Waals surface area (Å²) in [5.41, 5.74) is 0.869. The Morgan fingerprint density at radius 2 is 2.18 bits per heavy atom. The first kappa shape index (κ1) is 13.1. The number of nitrogens with one attached hydrogen (secondary N) is 1. The predicted octanol–water partition coefficient (Wildman–Crippen LogP) is 0.790. The van der Waals surface area contributed by atoms with E-state index in [0.717, 1.165) is 0 Å². The van der Waals surface area contributed by atoms with Crippen LogP contribution in [-0.2, 0) is 11.3 Å². The second-order valence-electron chi connectivity index (χ2n) is 3.97. The second-order valence-corrected chi connectivity index (χ2v) is 3.97. The predicted molar refractivity (Wildman–Crippen MR) is 61.6 cm³/mol. The van der Waals surface area contributed by atoms with Gasteiger partial charge in [0.1, 0.15) is 11.4 Å². The number of nitrogens with zero attached hydrogens (tertiary/aromatic N) is 3. The van der Waals surface area contributed by atoms with Gasteiger partial charge in [0.05, 0.1) is 17.4 Å². The molecule has 1 heterocycles. The molecule has 1 aromatic rings. The van der Waals surface area contributed by atoms with Gasteiger partial charge >= 0.3 is 5.69 Å². The van der Waals surface area contributed by atoms with Gasteiger partial charge in [-0.25, -0.2) is 0 Å². The van der Waals surface area contributed by atoms with Crippen molar-refractivity contribution in [3.63, 3.8) is 0 Å². The van der Waals surface area contributed by atoms with Gasteiger partial charge in [-0.2, -0.15) is 5.10 Å². The Hall–Kier alpha value is -1.92. The lowest BCUT2D eigenvalue weighted by atomic mass is 10.1. The van der Waals surface area contributed by atoms with Gasteiger partial charge in [-0.3, -0.25) is 19.6 Å². The molecule has 1 atom stereocenters. The number of carbonyl (C=O) groups excluding carboxylic acids is 1. The Bertz CT molecular complexity index is 453. The van der Waals surface area contributed by atoms with E-state index in [0.29, 0.717) is 17.9 Å². The SMILES string of the molecule is CNC(=O)C(C)Cn1nc(C)c([N+](=O)[O-])c1C. The lowest BCUT2D eigenvalue weighted by Gasteiger charge is -2.10. The second kappa shape index (κ2) is 4.94. The van der Waals surface area contributed by atoms with E-state index < -0.39 is 4.92 Å². The summed E-state index contributed by atoms with van der Waals surface area (Å²) in [7, 11) is 1.56. The maximum Gasteiger partial charge on any atom is 0.312 e. The topological polar surface area (TPSA) is 90.1 Å². The minimum atomic E-state index is -0.446. The Kier molecular flexibility index (Phi) is 3.82. The monoisotopic (exact) mass is 240 g/mol. The molecule has 0 spiro atoms. The van der Waals surface area contributed by atoms with E-state index in [4.69, 9.17) is 0 Å². The molecule has 17 heavy (non-hydrogen) atoms. The van der Waals surface area contributed by atoms with Crippen molar-refractivity contribution in [3.8, 4) is 0 Å². The van der Waals surface area contributed by atoms with Gasteiger partial charge in [-0.05, 0) is 13.8 Å². The molecular formula is C10H16N4O3. The fraction of sp³-hybridized carbons (Fsp3) is 0.600. The molecule has 0 saturated carbocycles. The van der Waals surface area contributed by atoms with E-state index in [1.165, 1.54) is 4.68 Å². The lowest BCUT2D eigenvalue weighted by molar-refractivity contribution is -0.386. The molecule has 1 amide bonds. The fourth-order valence-electron chi connectivity index (χ4n) is 1.72. The number of nitro groups is 1. The molecular weight excluding hydrogens is 224 g/mol. The quantitative estimate of drug-likeness (QED) is 0.622. The number of rotatable bonds is 4. The van der Waals surface area contributed by atoms with Crippen molar-refractivity contribution in [2.45, 2.75) is 27.3 Å². The normalized spacial score (nSPS) is 12.2. The highest BCUT2D eigenvalue weighted by molar-refractivity contribution is 5.77. The summed E-state index contributed by atoms with van der Waals surface area (Å²) in [6, 6.07) is 0. The van der Waals surface area contributed by atoms with E-state index in [9.17, 15) is 14.9 Å². The molecule has 0 bridgehead atoms. The summed E-state index contributed by atoms with van der Waals surface area (Å²) < 4.78 is 1.51. The first-order chi connectivity index (χ1) is 7.88. The van der Waals surface area contributed by atoms with Crippen molar-refractivity contribution in [1.29, 1.82) is 0 Å². The molecule has 1 unspecified atom stereocenters. The van der Waals surface area contributed by atoms with Crippen molar-refractivity contribution in [2.24, 2.45) is 5.92 Å². The molecule has 0 aliphatic rings. The fourth-order valence-corrected chi connectivity index (χ4v) is 1.72. The smallest absolute Gasteiger partial charge is 0.312 e. The Morgan fingerprint density at radius 3 is 2.59 bits per heavy atom. The molecule has 0 radical (unpaired) electrons. The highest BCUT2D eigenvalue weighted by Crippen LogP contribution is 2.22. The minimum Gasteiger partial charge on any atom is -0.359 e. The molecule has 94 valence electrons. The minimum absolute atomic E-state index is 0.0223. The van der Waals surface area contributed by atoms with Crippen LogP contribution < -0.4 is 5.32 Å². The zero-order valence-electron chi connectivity index (χ0n) is 10.4. The van der Waals surface area contributed by atoms with Crippen molar-refractivity contribution < 1.29 is 9.72 Å². The van der Waals surface area contributed by atoms with Gasteiger partial charge in [0.15, 0.2) is 0 Å². The van der Waals surface area contributed by atoms with Crippen LogP contribution >= 0.6 is 0 Å². The molecule has 1 N–H and O–H groups in total. The highest BCUT2D eigenvalue weighted by Gasteiger charge is 2.23. The van der Waals surface area contributed by atoms with Gasteiger partial charge < -0.3 is 5.32 Å². The van der Waals surface area contributed by atoms with Crippen LogP contribution in [0.5, 0.6) is 0 Å². The lowest BCUT2D eigenvalue weighted by Crippen LogP contribution is -2.29. The zero-order chi connectivity index (χ0) is 13.2. The standard InChI is InChI=1S/C10H16N4O3/c1-6(10(15)11-4)5-13-8(3)9(14(16)17)7(2)12-13/h6H,5H2,1-4H3,(H,11,15). The number of amides is 1. The first-order valence-corrected chi connectivity index (χ1v) is 5.28. The number of hydrogen-bond donors (Lipinski definition) is 1. The van der Waals surface area contributed by atoms with E-state index in [1.807, 2.05) is 0 Å². The largest absolute Gasteiger partial charge is 0.359 e. The van der Waals surface area contributed by atoms with Crippen molar-refractivity contribution in [2.75, 3.05) is 7.05 Å². The molecule has 1 aromatic heterocycles. The summed E-state index contributed by atoms with van der Waals surface area (Å²) in [5, 5.41) is 17.4. The van der Waals surface area contributed by atoms with Crippen molar-refractivity contribution in [1.82, 2.24) is 15.1 Å². The molecule has 7 nitrogen and oxygen atoms in total. The first-order valence-electron chi connectivity index (χ1n) is 5.28. The van der Waals surface area contributed by atoms with E-state index in [-0.39, 0.29) is 17.5 Å². The number of hydrogen-bond acceptors (Lipinski definition) is 4. The van der Waals surface area contributed by atoms with Crippen LogP contribution in [-0.4, -0.2) is 27.7 Å². The summed E-state index contributed by atoms with van der Waals surface area (Å²) in [4.78, 5) is 21.7. The average Bonchev–Trinajstić information content (AvgIpc) is 2.52. The van der Waals surface area contributed by atoms with Gasteiger partial charge in [0.2, 0.25) is 5.91 Å². The summed E-state index contributed by atoms with van der Waals surface area (Å²) in [5.74, 6) is -0.391. The average molecular weight is 240 g/mol. The summed E-state index contributed by atoms with van der Waals surface area (Å²) in [6.45, 7) is 5.31. The van der Waals surface area contributed by atoms with E-state index in [1.54, 1.807) is 27.8 Å². The van der Waals surface area contributed by atoms with Crippen molar-refractivity contribution >= 4 is 11.6 Å². The summed E-state index contributed by atoms with van der Waals surface area (Å²) in [6.07, 6.45) is 0. The number of aryl methyl sites for hydroxylation is 1. The van der Waals surface area contributed by atoms with E-state index >= 15 is 0 Å². The molecule has 0 aliphatic carbocycles. The van der Waals surface area contributed by atoms with Crippen molar-refractivity contribution in [3.05, 3.63) is 21.5 Å². The third-order valence-corrected chi connectivity index (χ3v) is 2.67. The number of carbonyl (C=O) groups is 1. The molecule has 0 aromatic carbocycles. The van der Waals surface area contributed by atoms with Crippen LogP contribution in [0.1, 0.15) is 18.3 Å². The van der Waals surface area contributed by atoms with Crippen LogP contribution in [0.4, 0.5) is 5.69 Å². The third kappa shape index (κ3) is 2.61. The van der Waals surface area contributed by atoms with Crippen LogP contribution in [0.15, 0.2) is 0 Å². The maximum atomic E-state index is 11.4. The van der Waals surface area contributed by atoms with Crippen LogP contribution in [0.3, 0.4) is 0 Å². The van der Waals surface area contributed by atoms with Gasteiger partial charge in [-0.1, -0.05) is 6.92 Å². The van der Waals surface area contributed by atoms with Gasteiger partial charge in [-0.15, -0.1) is 0 Å². The Balaban J connectivity index is 2.97. The van der Waals surface area contributed by atoms with Gasteiger partial charge in [0.25, 0.3) is 0 Å². The number of aromatic nitrogens is 2. The highest BCUT2D eigenvalue weighted by atomic mass is 16.6. The third-order valence-electron chi connectivity index (χ3n) is 2.67. The molecule has 1 rings (SSSR count). The molecule has 0 aliphatic heterocycles. The van der Waals surface area contributed by atoms with Crippen LogP contribution in [0.25, 0.3) is 0 Å². The van der Waals surface area contributed by atoms with Gasteiger partial charge in [0, 0.05) is 7.05 Å². The maximum absolute atomic E-state index is 11.4. The van der Waals surface area contributed by atoms with Crippen LogP contribution in [0.2, 0.25) is 0 Å². The molecule has 7 heteroatoms. The zero-order valence-corrected chi connectivity index (χ0v) is 10.4.